The number of phenolic OH excluding ortho intramolecular Hbond substituents is 1. The lowest BCUT2D eigenvalue weighted by Gasteiger charge is -2.06. The molecule has 3 rings (SSSR count). The molecule has 2 heterocycles. The highest BCUT2D eigenvalue weighted by Crippen LogP contribution is 2.22. The zero-order chi connectivity index (χ0) is 15.1. The van der Waals surface area contributed by atoms with Gasteiger partial charge in [-0.15, -0.1) is 0 Å². The molecule has 5 nitrogen and oxygen atoms in total. The van der Waals surface area contributed by atoms with Gasteiger partial charge in [0.25, 0.3) is 0 Å². The summed E-state index contributed by atoms with van der Waals surface area (Å²) in [5, 5.41) is 9.88. The quantitative estimate of drug-likeness (QED) is 0.791. The number of phenols is 1. The smallest absolute Gasteiger partial charge is 0.335 e. The van der Waals surface area contributed by atoms with Crippen molar-refractivity contribution in [2.24, 2.45) is 0 Å². The minimum atomic E-state index is -0.180. The second-order valence-corrected chi connectivity index (χ2v) is 5.53. The molecule has 0 atom stereocenters. The molecule has 2 aromatic heterocycles. The molecule has 1 aromatic carbocycles. The van der Waals surface area contributed by atoms with Crippen LogP contribution in [-0.4, -0.2) is 19.2 Å². The summed E-state index contributed by atoms with van der Waals surface area (Å²) in [6, 6.07) is 8.15. The predicted molar refractivity (Wildman–Crippen MR) is 82.4 cm³/mol. The third-order valence-corrected chi connectivity index (χ3v) is 3.51. The van der Waals surface area contributed by atoms with E-state index >= 15 is 0 Å². The monoisotopic (exact) mass is 303 g/mol. The zero-order valence-electron chi connectivity index (χ0n) is 11.6. The van der Waals surface area contributed by atoms with E-state index in [1.54, 1.807) is 22.8 Å². The summed E-state index contributed by atoms with van der Waals surface area (Å²) < 4.78 is 3.17. The first-order chi connectivity index (χ1) is 9.99. The zero-order valence-corrected chi connectivity index (χ0v) is 12.4. The minimum absolute atomic E-state index is 0.0152. The van der Waals surface area contributed by atoms with Gasteiger partial charge in [-0.05, 0) is 44.2 Å². The number of nitrogens with zero attached hydrogens (tertiary/aromatic N) is 3. The van der Waals surface area contributed by atoms with Crippen molar-refractivity contribution in [1.82, 2.24) is 14.1 Å². The number of imidazole rings is 1. The van der Waals surface area contributed by atoms with Crippen LogP contribution in [0.3, 0.4) is 0 Å². The van der Waals surface area contributed by atoms with Crippen LogP contribution in [0.4, 0.5) is 0 Å². The maximum atomic E-state index is 12.7. The van der Waals surface area contributed by atoms with Crippen LogP contribution in [0.1, 0.15) is 19.9 Å². The van der Waals surface area contributed by atoms with E-state index in [1.807, 2.05) is 13.8 Å². The van der Waals surface area contributed by atoms with Gasteiger partial charge >= 0.3 is 5.69 Å². The number of aromatic nitrogens is 3. The van der Waals surface area contributed by atoms with Crippen LogP contribution in [0.25, 0.3) is 16.9 Å². The van der Waals surface area contributed by atoms with E-state index in [4.69, 9.17) is 11.6 Å². The lowest BCUT2D eigenvalue weighted by Crippen LogP contribution is -2.24. The fourth-order valence-electron chi connectivity index (χ4n) is 2.41. The van der Waals surface area contributed by atoms with Crippen LogP contribution in [0.15, 0.2) is 41.3 Å². The largest absolute Gasteiger partial charge is 0.508 e. The standard InChI is InChI=1S/C15H14ClN3O2/c1-9(2)18-13-7-10(16)8-17-14(13)19(15(18)21)11-3-5-12(20)6-4-11/h3-9,20H,1-2H3. The van der Waals surface area contributed by atoms with Crippen molar-refractivity contribution in [2.45, 2.75) is 19.9 Å². The van der Waals surface area contributed by atoms with Gasteiger partial charge in [0.1, 0.15) is 5.75 Å². The summed E-state index contributed by atoms with van der Waals surface area (Å²) in [4.78, 5) is 17.0. The van der Waals surface area contributed by atoms with Crippen LogP contribution in [0.5, 0.6) is 5.75 Å². The number of pyridine rings is 1. The first-order valence-electron chi connectivity index (χ1n) is 6.57. The first kappa shape index (κ1) is 13.7. The number of hydrogen-bond acceptors (Lipinski definition) is 3. The number of rotatable bonds is 2. The van der Waals surface area contributed by atoms with Crippen LogP contribution in [0, 0.1) is 0 Å². The van der Waals surface area contributed by atoms with Gasteiger partial charge in [-0.2, -0.15) is 0 Å². The van der Waals surface area contributed by atoms with Crippen LogP contribution in [-0.2, 0) is 0 Å². The fourth-order valence-corrected chi connectivity index (χ4v) is 2.56. The van der Waals surface area contributed by atoms with Crippen molar-refractivity contribution < 1.29 is 5.11 Å². The molecule has 3 aromatic rings. The SMILES string of the molecule is CC(C)n1c(=O)n(-c2ccc(O)cc2)c2ncc(Cl)cc21. The molecule has 6 heteroatoms. The Bertz CT molecular complexity index is 863. The maximum Gasteiger partial charge on any atom is 0.335 e. The summed E-state index contributed by atoms with van der Waals surface area (Å²) >= 11 is 6.00. The highest BCUT2D eigenvalue weighted by atomic mass is 35.5. The molecule has 0 fully saturated rings. The van der Waals surface area contributed by atoms with Crippen molar-refractivity contribution in [3.05, 3.63) is 52.0 Å². The molecule has 0 aliphatic carbocycles. The van der Waals surface area contributed by atoms with Gasteiger partial charge in [0.2, 0.25) is 0 Å². The third kappa shape index (κ3) is 2.19. The van der Waals surface area contributed by atoms with E-state index in [0.29, 0.717) is 21.9 Å². The Balaban J connectivity index is 2.40. The predicted octanol–water partition coefficient (Wildman–Crippen LogP) is 3.13. The van der Waals surface area contributed by atoms with Gasteiger partial charge in [-0.3, -0.25) is 4.57 Å². The Hall–Kier alpha value is -2.27. The Kier molecular flexibility index (Phi) is 3.22. The molecule has 0 saturated heterocycles. The summed E-state index contributed by atoms with van der Waals surface area (Å²) in [7, 11) is 0. The molecule has 1 N–H and O–H groups in total. The van der Waals surface area contributed by atoms with E-state index in [1.165, 1.54) is 22.9 Å². The summed E-state index contributed by atoms with van der Waals surface area (Å²) in [5.41, 5.74) is 1.71. The van der Waals surface area contributed by atoms with Gasteiger partial charge in [0.05, 0.1) is 16.2 Å². The minimum Gasteiger partial charge on any atom is -0.508 e. The van der Waals surface area contributed by atoms with Crippen molar-refractivity contribution in [2.75, 3.05) is 0 Å². The summed E-state index contributed by atoms with van der Waals surface area (Å²) in [6.07, 6.45) is 1.52. The molecule has 108 valence electrons. The van der Waals surface area contributed by atoms with Gasteiger partial charge in [0.15, 0.2) is 5.65 Å². The summed E-state index contributed by atoms with van der Waals surface area (Å²) in [5.74, 6) is 0.149. The molecule has 21 heavy (non-hydrogen) atoms. The molecule has 0 aliphatic heterocycles. The molecular weight excluding hydrogens is 290 g/mol. The van der Waals surface area contributed by atoms with E-state index in [2.05, 4.69) is 4.98 Å². The maximum absolute atomic E-state index is 12.7. The Morgan fingerprint density at radius 3 is 2.52 bits per heavy atom. The lowest BCUT2D eigenvalue weighted by molar-refractivity contribution is 0.475. The Morgan fingerprint density at radius 2 is 1.90 bits per heavy atom. The first-order valence-corrected chi connectivity index (χ1v) is 6.94. The Morgan fingerprint density at radius 1 is 1.24 bits per heavy atom. The average Bonchev–Trinajstić information content (AvgIpc) is 2.71. The van der Waals surface area contributed by atoms with Gasteiger partial charge in [-0.1, -0.05) is 11.6 Å². The Labute approximate surface area is 126 Å². The van der Waals surface area contributed by atoms with E-state index < -0.39 is 0 Å². The molecule has 0 bridgehead atoms. The van der Waals surface area contributed by atoms with E-state index in [-0.39, 0.29) is 17.5 Å². The van der Waals surface area contributed by atoms with Crippen molar-refractivity contribution in [3.8, 4) is 11.4 Å². The van der Waals surface area contributed by atoms with Gasteiger partial charge in [-0.25, -0.2) is 14.3 Å². The average molecular weight is 304 g/mol. The van der Waals surface area contributed by atoms with Crippen LogP contribution >= 0.6 is 11.6 Å². The molecule has 0 radical (unpaired) electrons. The van der Waals surface area contributed by atoms with Gasteiger partial charge in [0, 0.05) is 12.2 Å². The number of halogens is 1. The van der Waals surface area contributed by atoms with Crippen molar-refractivity contribution in [3.63, 3.8) is 0 Å². The molecule has 0 amide bonds. The van der Waals surface area contributed by atoms with E-state index in [9.17, 15) is 9.90 Å². The topological polar surface area (TPSA) is 60.0 Å². The number of benzene rings is 1. The molecule has 0 aliphatic rings. The van der Waals surface area contributed by atoms with Crippen molar-refractivity contribution in [1.29, 1.82) is 0 Å². The normalized spacial score (nSPS) is 11.4. The highest BCUT2D eigenvalue weighted by Gasteiger charge is 2.17. The number of aromatic hydroxyl groups is 1. The van der Waals surface area contributed by atoms with E-state index in [0.717, 1.165) is 0 Å². The lowest BCUT2D eigenvalue weighted by atomic mass is 10.3. The van der Waals surface area contributed by atoms with Crippen molar-refractivity contribution >= 4 is 22.8 Å². The van der Waals surface area contributed by atoms with Crippen LogP contribution in [0.2, 0.25) is 5.02 Å². The number of fused-ring (bicyclic) bond motifs is 1. The molecule has 0 unspecified atom stereocenters. The highest BCUT2D eigenvalue weighted by molar-refractivity contribution is 6.31. The second kappa shape index (κ2) is 4.93. The summed E-state index contributed by atoms with van der Waals surface area (Å²) in [6.45, 7) is 3.87. The molecule has 0 saturated carbocycles. The van der Waals surface area contributed by atoms with Crippen LogP contribution < -0.4 is 5.69 Å². The second-order valence-electron chi connectivity index (χ2n) is 5.09. The molecule has 0 spiro atoms. The fraction of sp³-hybridized carbons (Fsp3) is 0.200. The third-order valence-electron chi connectivity index (χ3n) is 3.31. The molecular formula is C15H14ClN3O2. The van der Waals surface area contributed by atoms with Gasteiger partial charge < -0.3 is 5.11 Å². The number of hydrogen-bond donors (Lipinski definition) is 1.